The van der Waals surface area contributed by atoms with E-state index in [4.69, 9.17) is 5.11 Å². The van der Waals surface area contributed by atoms with E-state index in [1.165, 1.54) is 4.90 Å². The molecule has 1 heterocycles. The van der Waals surface area contributed by atoms with Gasteiger partial charge in [0.2, 0.25) is 0 Å². The summed E-state index contributed by atoms with van der Waals surface area (Å²) in [6.45, 7) is 0.237. The average molecular weight is 318 g/mol. The summed E-state index contributed by atoms with van der Waals surface area (Å²) >= 11 is 0. The molecule has 9 heteroatoms. The van der Waals surface area contributed by atoms with E-state index in [-0.39, 0.29) is 18.8 Å². The minimum absolute atomic E-state index is 0.0454. The van der Waals surface area contributed by atoms with Crippen molar-refractivity contribution in [2.24, 2.45) is 5.92 Å². The van der Waals surface area contributed by atoms with Crippen LogP contribution in [-0.4, -0.2) is 29.1 Å². The third-order valence-electron chi connectivity index (χ3n) is 3.61. The van der Waals surface area contributed by atoms with E-state index in [9.17, 15) is 28.1 Å². The third kappa shape index (κ3) is 3.29. The standard InChI is InChI=1S/C13H13F3N2O4/c14-13(15,16)10-6-9(18(21)22)3-4-11(10)17-5-1-2-8(7-17)12(19)20/h3-4,6,8H,1-2,5,7H2,(H,19,20)/t8-/m0/s1. The summed E-state index contributed by atoms with van der Waals surface area (Å²) < 4.78 is 39.4. The topological polar surface area (TPSA) is 83.7 Å². The van der Waals surface area contributed by atoms with Crippen molar-refractivity contribution >= 4 is 17.3 Å². The van der Waals surface area contributed by atoms with Crippen LogP contribution in [-0.2, 0) is 11.0 Å². The van der Waals surface area contributed by atoms with Gasteiger partial charge in [-0.05, 0) is 18.9 Å². The van der Waals surface area contributed by atoms with Gasteiger partial charge in [0.25, 0.3) is 5.69 Å². The first-order valence-corrected chi connectivity index (χ1v) is 6.53. The highest BCUT2D eigenvalue weighted by atomic mass is 19.4. The lowest BCUT2D eigenvalue weighted by Crippen LogP contribution is -2.39. The van der Waals surface area contributed by atoms with E-state index in [0.717, 1.165) is 12.1 Å². The first kappa shape index (κ1) is 16.1. The summed E-state index contributed by atoms with van der Waals surface area (Å²) in [5.41, 5.74) is -1.99. The van der Waals surface area contributed by atoms with E-state index in [1.807, 2.05) is 0 Å². The molecule has 0 aliphatic carbocycles. The Labute approximate surface area is 123 Å². The molecule has 2 rings (SSSR count). The molecule has 1 atom stereocenters. The summed E-state index contributed by atoms with van der Waals surface area (Å²) in [6.07, 6.45) is -3.90. The third-order valence-corrected chi connectivity index (χ3v) is 3.61. The maximum atomic E-state index is 13.1. The number of benzene rings is 1. The van der Waals surface area contributed by atoms with Gasteiger partial charge in [0.15, 0.2) is 0 Å². The number of nitro groups is 1. The summed E-state index contributed by atoms with van der Waals surface area (Å²) in [5, 5.41) is 19.7. The first-order valence-electron chi connectivity index (χ1n) is 6.53. The second-order valence-corrected chi connectivity index (χ2v) is 5.08. The SMILES string of the molecule is O=C(O)[C@H]1CCCN(c2ccc([N+](=O)[O-])cc2C(F)(F)F)C1. The van der Waals surface area contributed by atoms with Crippen molar-refractivity contribution in [3.05, 3.63) is 33.9 Å². The van der Waals surface area contributed by atoms with E-state index < -0.39 is 34.2 Å². The first-order chi connectivity index (χ1) is 10.2. The molecule has 1 saturated heterocycles. The number of alkyl halides is 3. The van der Waals surface area contributed by atoms with Crippen LogP contribution in [0.25, 0.3) is 0 Å². The molecular weight excluding hydrogens is 305 g/mol. The van der Waals surface area contributed by atoms with Crippen molar-refractivity contribution < 1.29 is 28.0 Å². The zero-order valence-corrected chi connectivity index (χ0v) is 11.3. The molecule has 1 aliphatic heterocycles. The lowest BCUT2D eigenvalue weighted by Gasteiger charge is -2.34. The molecule has 1 aromatic carbocycles. The zero-order valence-electron chi connectivity index (χ0n) is 11.3. The van der Waals surface area contributed by atoms with Crippen LogP contribution < -0.4 is 4.90 Å². The summed E-state index contributed by atoms with van der Waals surface area (Å²) in [5.74, 6) is -1.80. The highest BCUT2D eigenvalue weighted by Crippen LogP contribution is 2.39. The number of carbonyl (C=O) groups is 1. The van der Waals surface area contributed by atoms with Gasteiger partial charge in [0.1, 0.15) is 0 Å². The van der Waals surface area contributed by atoms with Crippen LogP contribution in [0.5, 0.6) is 0 Å². The largest absolute Gasteiger partial charge is 0.481 e. The molecule has 1 aliphatic rings. The second kappa shape index (κ2) is 5.82. The molecule has 0 radical (unpaired) electrons. The van der Waals surface area contributed by atoms with Crippen LogP contribution in [0.15, 0.2) is 18.2 Å². The van der Waals surface area contributed by atoms with Crippen molar-refractivity contribution in [3.8, 4) is 0 Å². The number of hydrogen-bond acceptors (Lipinski definition) is 4. The highest BCUT2D eigenvalue weighted by molar-refractivity contribution is 5.72. The number of carboxylic acid groups (broad SMARTS) is 1. The number of piperidine rings is 1. The van der Waals surface area contributed by atoms with E-state index >= 15 is 0 Å². The maximum absolute atomic E-state index is 13.1. The Hall–Kier alpha value is -2.32. The number of non-ortho nitro benzene ring substituents is 1. The van der Waals surface area contributed by atoms with Gasteiger partial charge in [-0.25, -0.2) is 0 Å². The molecule has 6 nitrogen and oxygen atoms in total. The normalized spacial score (nSPS) is 19.0. The van der Waals surface area contributed by atoms with Gasteiger partial charge in [-0.2, -0.15) is 13.2 Å². The minimum atomic E-state index is -4.75. The molecule has 0 aromatic heterocycles. The van der Waals surface area contributed by atoms with Gasteiger partial charge in [-0.1, -0.05) is 0 Å². The second-order valence-electron chi connectivity index (χ2n) is 5.08. The maximum Gasteiger partial charge on any atom is 0.418 e. The number of carboxylic acids is 1. The van der Waals surface area contributed by atoms with Crippen molar-refractivity contribution in [2.75, 3.05) is 18.0 Å². The van der Waals surface area contributed by atoms with Crippen LogP contribution in [0, 0.1) is 16.0 Å². The fourth-order valence-electron chi connectivity index (χ4n) is 2.54. The van der Waals surface area contributed by atoms with Crippen molar-refractivity contribution in [1.29, 1.82) is 0 Å². The minimum Gasteiger partial charge on any atom is -0.481 e. The number of nitro benzene ring substituents is 1. The smallest absolute Gasteiger partial charge is 0.418 e. The average Bonchev–Trinajstić information content (AvgIpc) is 2.45. The van der Waals surface area contributed by atoms with Crippen LogP contribution in [0.1, 0.15) is 18.4 Å². The van der Waals surface area contributed by atoms with Crippen molar-refractivity contribution in [3.63, 3.8) is 0 Å². The van der Waals surface area contributed by atoms with Gasteiger partial charge in [-0.15, -0.1) is 0 Å². The molecule has 120 valence electrons. The number of aliphatic carboxylic acids is 1. The molecule has 0 unspecified atom stereocenters. The van der Waals surface area contributed by atoms with Crippen LogP contribution in [0.4, 0.5) is 24.5 Å². The van der Waals surface area contributed by atoms with E-state index in [2.05, 4.69) is 0 Å². The van der Waals surface area contributed by atoms with Crippen LogP contribution in [0.3, 0.4) is 0 Å². The van der Waals surface area contributed by atoms with Gasteiger partial charge < -0.3 is 10.0 Å². The molecule has 1 aromatic rings. The molecule has 0 spiro atoms. The zero-order chi connectivity index (χ0) is 16.5. The molecule has 1 fully saturated rings. The number of halogens is 3. The van der Waals surface area contributed by atoms with Crippen molar-refractivity contribution in [1.82, 2.24) is 0 Å². The Morgan fingerprint density at radius 3 is 2.64 bits per heavy atom. The number of rotatable bonds is 3. The Bertz CT molecular complexity index is 603. The van der Waals surface area contributed by atoms with E-state index in [1.54, 1.807) is 0 Å². The predicted octanol–water partition coefficient (Wildman–Crippen LogP) is 2.91. The lowest BCUT2D eigenvalue weighted by atomic mass is 9.97. The fourth-order valence-corrected chi connectivity index (χ4v) is 2.54. The van der Waals surface area contributed by atoms with Gasteiger partial charge >= 0.3 is 12.1 Å². The number of hydrogen-bond donors (Lipinski definition) is 1. The predicted molar refractivity (Wildman–Crippen MR) is 70.7 cm³/mol. The molecule has 0 saturated carbocycles. The van der Waals surface area contributed by atoms with Crippen LogP contribution in [0.2, 0.25) is 0 Å². The highest BCUT2D eigenvalue weighted by Gasteiger charge is 2.38. The molecule has 1 N–H and O–H groups in total. The fraction of sp³-hybridized carbons (Fsp3) is 0.462. The Morgan fingerprint density at radius 1 is 1.41 bits per heavy atom. The molecule has 0 amide bonds. The lowest BCUT2D eigenvalue weighted by molar-refractivity contribution is -0.385. The van der Waals surface area contributed by atoms with Crippen molar-refractivity contribution in [2.45, 2.75) is 19.0 Å². The Kier molecular flexibility index (Phi) is 4.25. The Balaban J connectivity index is 2.41. The molecule has 0 bridgehead atoms. The van der Waals surface area contributed by atoms with E-state index in [0.29, 0.717) is 18.9 Å². The van der Waals surface area contributed by atoms with Gasteiger partial charge in [0, 0.05) is 30.9 Å². The summed E-state index contributed by atoms with van der Waals surface area (Å²) in [6, 6.07) is 2.51. The van der Waals surface area contributed by atoms with Gasteiger partial charge in [-0.3, -0.25) is 14.9 Å². The quantitative estimate of drug-likeness (QED) is 0.684. The molecular formula is C13H13F3N2O4. The Morgan fingerprint density at radius 2 is 2.09 bits per heavy atom. The summed E-state index contributed by atoms with van der Waals surface area (Å²) in [4.78, 5) is 22.1. The van der Waals surface area contributed by atoms with Gasteiger partial charge in [0.05, 0.1) is 16.4 Å². The number of anilines is 1. The monoisotopic (exact) mass is 318 g/mol. The number of nitrogens with zero attached hydrogens (tertiary/aromatic N) is 2. The summed E-state index contributed by atoms with van der Waals surface area (Å²) in [7, 11) is 0. The molecule has 22 heavy (non-hydrogen) atoms. The van der Waals surface area contributed by atoms with Crippen LogP contribution >= 0.6 is 0 Å².